The molecule has 0 radical (unpaired) electrons. The molecule has 1 saturated carbocycles. The van der Waals surface area contributed by atoms with Crippen molar-refractivity contribution in [2.45, 2.75) is 38.3 Å². The largest absolute Gasteiger partial charge is 0.481 e. The molecule has 1 amide bonds. The molecular formula is C21H23F2N3O4. The van der Waals surface area contributed by atoms with E-state index in [1.807, 2.05) is 0 Å². The van der Waals surface area contributed by atoms with Crippen molar-refractivity contribution in [1.82, 2.24) is 15.4 Å². The number of carbonyl (C=O) groups excluding carboxylic acids is 1. The molecule has 0 spiro atoms. The lowest BCUT2D eigenvalue weighted by Gasteiger charge is -2.47. The van der Waals surface area contributed by atoms with Gasteiger partial charge in [0.25, 0.3) is 5.91 Å². The molecule has 4 rings (SSSR count). The van der Waals surface area contributed by atoms with Crippen LogP contribution in [0.25, 0.3) is 11.3 Å². The number of likely N-dealkylation sites (tertiary alicyclic amines) is 1. The summed E-state index contributed by atoms with van der Waals surface area (Å²) >= 11 is 0. The average Bonchev–Trinajstić information content (AvgIpc) is 3.17. The lowest BCUT2D eigenvalue weighted by atomic mass is 9.78. The van der Waals surface area contributed by atoms with E-state index in [2.05, 4.69) is 22.3 Å². The van der Waals surface area contributed by atoms with Gasteiger partial charge in [0, 0.05) is 37.3 Å². The van der Waals surface area contributed by atoms with E-state index in [0.717, 1.165) is 18.9 Å². The average molecular weight is 419 g/mol. The first-order chi connectivity index (χ1) is 14.3. The van der Waals surface area contributed by atoms with Crippen LogP contribution >= 0.6 is 0 Å². The van der Waals surface area contributed by atoms with Crippen LogP contribution in [-0.4, -0.2) is 52.2 Å². The summed E-state index contributed by atoms with van der Waals surface area (Å²) in [7, 11) is 0. The highest BCUT2D eigenvalue weighted by Crippen LogP contribution is 2.34. The number of rotatable bonds is 5. The summed E-state index contributed by atoms with van der Waals surface area (Å²) in [5, 5.41) is 16.1. The lowest BCUT2D eigenvalue weighted by Crippen LogP contribution is -2.58. The molecule has 2 fully saturated rings. The minimum Gasteiger partial charge on any atom is -0.481 e. The quantitative estimate of drug-likeness (QED) is 0.774. The molecule has 1 aliphatic heterocycles. The molecule has 0 unspecified atom stereocenters. The van der Waals surface area contributed by atoms with Crippen molar-refractivity contribution < 1.29 is 28.0 Å². The van der Waals surface area contributed by atoms with E-state index in [9.17, 15) is 23.5 Å². The third kappa shape index (κ3) is 3.94. The van der Waals surface area contributed by atoms with E-state index in [-0.39, 0.29) is 17.0 Å². The van der Waals surface area contributed by atoms with Gasteiger partial charge in [0.2, 0.25) is 0 Å². The number of piperidine rings is 1. The Labute approximate surface area is 172 Å². The van der Waals surface area contributed by atoms with Gasteiger partial charge in [-0.2, -0.15) is 0 Å². The van der Waals surface area contributed by atoms with Crippen LogP contribution in [0.3, 0.4) is 0 Å². The van der Waals surface area contributed by atoms with Crippen LogP contribution in [0.4, 0.5) is 8.78 Å². The number of nitrogens with zero attached hydrogens (tertiary/aromatic N) is 2. The van der Waals surface area contributed by atoms with Crippen LogP contribution in [0.2, 0.25) is 0 Å². The van der Waals surface area contributed by atoms with Crippen LogP contribution in [0.1, 0.15) is 36.7 Å². The first kappa shape index (κ1) is 20.5. The molecule has 9 heteroatoms. The normalized spacial score (nSPS) is 26.8. The molecule has 160 valence electrons. The Morgan fingerprint density at radius 3 is 2.67 bits per heavy atom. The molecular weight excluding hydrogens is 396 g/mol. The molecule has 1 saturated heterocycles. The highest BCUT2D eigenvalue weighted by atomic mass is 19.1. The molecule has 2 N–H and O–H groups in total. The molecule has 30 heavy (non-hydrogen) atoms. The minimum atomic E-state index is -0.953. The molecule has 7 nitrogen and oxygen atoms in total. The van der Waals surface area contributed by atoms with Crippen LogP contribution in [-0.2, 0) is 4.79 Å². The second-order valence-corrected chi connectivity index (χ2v) is 8.13. The first-order valence-corrected chi connectivity index (χ1v) is 10.0. The molecule has 2 heterocycles. The standard InChI is InChI=1S/C21H23F2N3O4/c1-11-2-5-18(11)26-7-6-16(14(10-26)21(28)29)24-20(27)17-9-19(30-25-17)13-4-3-12(22)8-15(13)23/h3-4,8-9,11,14,16,18H,2,5-7,10H2,1H3,(H,24,27)(H,28,29)/t11-,14+,16+,18-/m0/s1. The number of benzene rings is 1. The summed E-state index contributed by atoms with van der Waals surface area (Å²) < 4.78 is 32.0. The molecule has 2 aliphatic rings. The summed E-state index contributed by atoms with van der Waals surface area (Å²) in [5.74, 6) is -3.28. The van der Waals surface area contributed by atoms with E-state index in [0.29, 0.717) is 37.5 Å². The Bertz CT molecular complexity index is 963. The Kier molecular flexibility index (Phi) is 5.55. The van der Waals surface area contributed by atoms with E-state index in [1.54, 1.807) is 0 Å². The second-order valence-electron chi connectivity index (χ2n) is 8.13. The van der Waals surface area contributed by atoms with Crippen LogP contribution in [0.5, 0.6) is 0 Å². The van der Waals surface area contributed by atoms with E-state index >= 15 is 0 Å². The van der Waals surface area contributed by atoms with Crippen LogP contribution < -0.4 is 5.32 Å². The zero-order valence-corrected chi connectivity index (χ0v) is 16.5. The third-order valence-electron chi connectivity index (χ3n) is 6.26. The summed E-state index contributed by atoms with van der Waals surface area (Å²) in [6.07, 6.45) is 2.75. The monoisotopic (exact) mass is 419 g/mol. The summed E-state index contributed by atoms with van der Waals surface area (Å²) in [5.41, 5.74) is -0.109. The van der Waals surface area contributed by atoms with Crippen molar-refractivity contribution in [3.8, 4) is 11.3 Å². The molecule has 1 aromatic carbocycles. The Morgan fingerprint density at radius 1 is 1.23 bits per heavy atom. The molecule has 1 aliphatic carbocycles. The maximum atomic E-state index is 13.9. The fourth-order valence-electron chi connectivity index (χ4n) is 4.33. The van der Waals surface area contributed by atoms with Crippen molar-refractivity contribution in [2.75, 3.05) is 13.1 Å². The van der Waals surface area contributed by atoms with Crippen molar-refractivity contribution >= 4 is 11.9 Å². The minimum absolute atomic E-state index is 0.0128. The van der Waals surface area contributed by atoms with Crippen molar-refractivity contribution in [3.05, 3.63) is 41.6 Å². The summed E-state index contributed by atoms with van der Waals surface area (Å²) in [4.78, 5) is 26.6. The zero-order chi connectivity index (χ0) is 21.4. The lowest BCUT2D eigenvalue weighted by molar-refractivity contribution is -0.145. The predicted molar refractivity (Wildman–Crippen MR) is 103 cm³/mol. The number of hydrogen-bond acceptors (Lipinski definition) is 5. The topological polar surface area (TPSA) is 95.7 Å². The van der Waals surface area contributed by atoms with Gasteiger partial charge in [0.05, 0.1) is 11.5 Å². The number of amides is 1. The maximum absolute atomic E-state index is 13.9. The number of nitrogens with one attached hydrogen (secondary N) is 1. The Hall–Kier alpha value is -2.81. The van der Waals surface area contributed by atoms with Gasteiger partial charge in [0.1, 0.15) is 11.6 Å². The van der Waals surface area contributed by atoms with Crippen molar-refractivity contribution in [3.63, 3.8) is 0 Å². The van der Waals surface area contributed by atoms with Gasteiger partial charge in [-0.05, 0) is 37.3 Å². The van der Waals surface area contributed by atoms with Crippen LogP contribution in [0, 0.1) is 23.5 Å². The van der Waals surface area contributed by atoms with Gasteiger partial charge >= 0.3 is 5.97 Å². The van der Waals surface area contributed by atoms with E-state index in [1.165, 1.54) is 12.1 Å². The van der Waals surface area contributed by atoms with Gasteiger partial charge < -0.3 is 14.9 Å². The van der Waals surface area contributed by atoms with E-state index < -0.39 is 35.5 Å². The fraction of sp³-hybridized carbons (Fsp3) is 0.476. The summed E-state index contributed by atoms with van der Waals surface area (Å²) in [6.45, 7) is 3.28. The number of carboxylic acid groups (broad SMARTS) is 1. The second kappa shape index (κ2) is 8.14. The van der Waals surface area contributed by atoms with Gasteiger partial charge in [-0.3, -0.25) is 14.5 Å². The van der Waals surface area contributed by atoms with Crippen molar-refractivity contribution in [2.24, 2.45) is 11.8 Å². The first-order valence-electron chi connectivity index (χ1n) is 10.0. The highest BCUT2D eigenvalue weighted by molar-refractivity contribution is 5.93. The van der Waals surface area contributed by atoms with Gasteiger partial charge in [-0.15, -0.1) is 0 Å². The Balaban J connectivity index is 1.44. The number of carboxylic acids is 1. The van der Waals surface area contributed by atoms with E-state index in [4.69, 9.17) is 4.52 Å². The van der Waals surface area contributed by atoms with Gasteiger partial charge in [-0.1, -0.05) is 12.1 Å². The Morgan fingerprint density at radius 2 is 2.03 bits per heavy atom. The van der Waals surface area contributed by atoms with Crippen molar-refractivity contribution in [1.29, 1.82) is 0 Å². The van der Waals surface area contributed by atoms with Gasteiger partial charge in [0.15, 0.2) is 11.5 Å². The summed E-state index contributed by atoms with van der Waals surface area (Å²) in [6, 6.07) is 4.12. The number of hydrogen-bond donors (Lipinski definition) is 2. The molecule has 1 aromatic heterocycles. The number of aliphatic carboxylic acids is 1. The number of aromatic nitrogens is 1. The third-order valence-corrected chi connectivity index (χ3v) is 6.26. The van der Waals surface area contributed by atoms with Crippen LogP contribution in [0.15, 0.2) is 28.8 Å². The maximum Gasteiger partial charge on any atom is 0.309 e. The zero-order valence-electron chi connectivity index (χ0n) is 16.5. The van der Waals surface area contributed by atoms with Gasteiger partial charge in [-0.25, -0.2) is 8.78 Å². The predicted octanol–water partition coefficient (Wildman–Crippen LogP) is 2.92. The molecule has 2 aromatic rings. The molecule has 0 bridgehead atoms. The SMILES string of the molecule is C[C@H]1CC[C@@H]1N1CC[C@@H](NC(=O)c2cc(-c3ccc(F)cc3F)on2)[C@H](C(=O)O)C1. The fourth-order valence-corrected chi connectivity index (χ4v) is 4.33. The highest BCUT2D eigenvalue weighted by Gasteiger charge is 2.41. The smallest absolute Gasteiger partial charge is 0.309 e. The molecule has 4 atom stereocenters. The number of carbonyl (C=O) groups is 2. The number of halogens is 2.